The molecule has 0 bridgehead atoms. The van der Waals surface area contributed by atoms with Crippen LogP contribution < -0.4 is 4.74 Å². The molecule has 0 aliphatic carbocycles. The SMILES string of the molecule is COC(=O)c1ccc(OC[C@H]2[C@H](Cl)CCN2C)cc1. The Morgan fingerprint density at radius 1 is 1.42 bits per heavy atom. The Hall–Kier alpha value is -1.26. The van der Waals surface area contributed by atoms with E-state index in [-0.39, 0.29) is 17.4 Å². The van der Waals surface area contributed by atoms with Gasteiger partial charge in [-0.25, -0.2) is 4.79 Å². The van der Waals surface area contributed by atoms with Crippen molar-refractivity contribution >= 4 is 17.6 Å². The minimum absolute atomic E-state index is 0.138. The van der Waals surface area contributed by atoms with Gasteiger partial charge in [0.05, 0.1) is 24.1 Å². The smallest absolute Gasteiger partial charge is 0.337 e. The zero-order valence-corrected chi connectivity index (χ0v) is 11.9. The lowest BCUT2D eigenvalue weighted by molar-refractivity contribution is 0.0600. The third-order valence-corrected chi connectivity index (χ3v) is 3.95. The van der Waals surface area contributed by atoms with Gasteiger partial charge >= 0.3 is 5.97 Å². The normalized spacial score (nSPS) is 23.3. The van der Waals surface area contributed by atoms with Gasteiger partial charge in [-0.05, 0) is 44.3 Å². The number of hydrogen-bond acceptors (Lipinski definition) is 4. The van der Waals surface area contributed by atoms with Crippen molar-refractivity contribution in [2.75, 3.05) is 27.3 Å². The third-order valence-electron chi connectivity index (χ3n) is 3.44. The Bertz CT molecular complexity index is 425. The molecule has 19 heavy (non-hydrogen) atoms. The third kappa shape index (κ3) is 3.39. The molecular formula is C14H18ClNO3. The summed E-state index contributed by atoms with van der Waals surface area (Å²) in [5.41, 5.74) is 0.517. The molecule has 0 unspecified atom stereocenters. The molecule has 5 heteroatoms. The molecule has 1 fully saturated rings. The molecule has 1 aliphatic heterocycles. The number of carbonyl (C=O) groups excluding carboxylic acids is 1. The number of halogens is 1. The highest BCUT2D eigenvalue weighted by molar-refractivity contribution is 6.21. The average molecular weight is 284 g/mol. The van der Waals surface area contributed by atoms with E-state index in [1.165, 1.54) is 7.11 Å². The summed E-state index contributed by atoms with van der Waals surface area (Å²) in [6, 6.07) is 7.16. The number of likely N-dealkylation sites (tertiary alicyclic amines) is 1. The van der Waals surface area contributed by atoms with E-state index in [1.54, 1.807) is 24.3 Å². The van der Waals surface area contributed by atoms with Crippen LogP contribution in [0.3, 0.4) is 0 Å². The van der Waals surface area contributed by atoms with Crippen LogP contribution in [0.5, 0.6) is 5.75 Å². The summed E-state index contributed by atoms with van der Waals surface area (Å²) in [5, 5.41) is 0.138. The second-order valence-corrected chi connectivity index (χ2v) is 5.24. The van der Waals surface area contributed by atoms with Crippen molar-refractivity contribution in [1.82, 2.24) is 4.90 Å². The second kappa shape index (κ2) is 6.26. The molecule has 0 radical (unpaired) electrons. The fourth-order valence-corrected chi connectivity index (χ4v) is 2.54. The number of likely N-dealkylation sites (N-methyl/N-ethyl adjacent to an activating group) is 1. The predicted octanol–water partition coefficient (Wildman–Crippen LogP) is 2.16. The molecule has 0 aromatic heterocycles. The van der Waals surface area contributed by atoms with E-state index < -0.39 is 0 Å². The van der Waals surface area contributed by atoms with Crippen LogP contribution in [-0.4, -0.2) is 49.6 Å². The van der Waals surface area contributed by atoms with Gasteiger partial charge in [-0.1, -0.05) is 0 Å². The van der Waals surface area contributed by atoms with Gasteiger partial charge in [-0.15, -0.1) is 11.6 Å². The van der Waals surface area contributed by atoms with E-state index in [1.807, 2.05) is 0 Å². The van der Waals surface area contributed by atoms with Crippen LogP contribution in [-0.2, 0) is 4.74 Å². The number of benzene rings is 1. The lowest BCUT2D eigenvalue weighted by atomic mass is 10.2. The largest absolute Gasteiger partial charge is 0.492 e. The number of methoxy groups -OCH3 is 1. The van der Waals surface area contributed by atoms with E-state index in [2.05, 4.69) is 16.7 Å². The number of hydrogen-bond donors (Lipinski definition) is 0. The van der Waals surface area contributed by atoms with Crippen LogP contribution in [0.4, 0.5) is 0 Å². The summed E-state index contributed by atoms with van der Waals surface area (Å²) in [4.78, 5) is 13.5. The molecule has 1 saturated heterocycles. The summed E-state index contributed by atoms with van der Waals surface area (Å²) >= 11 is 6.24. The molecule has 0 spiro atoms. The predicted molar refractivity (Wildman–Crippen MR) is 74.0 cm³/mol. The number of carbonyl (C=O) groups is 1. The van der Waals surface area contributed by atoms with E-state index in [0.717, 1.165) is 18.7 Å². The highest BCUT2D eigenvalue weighted by Gasteiger charge is 2.30. The summed E-state index contributed by atoms with van der Waals surface area (Å²) in [7, 11) is 3.42. The number of nitrogens with zero attached hydrogens (tertiary/aromatic N) is 1. The molecule has 4 nitrogen and oxygen atoms in total. The van der Waals surface area contributed by atoms with Crippen LogP contribution in [0, 0.1) is 0 Å². The fraction of sp³-hybridized carbons (Fsp3) is 0.500. The van der Waals surface area contributed by atoms with Crippen molar-refractivity contribution in [2.24, 2.45) is 0 Å². The van der Waals surface area contributed by atoms with Crippen LogP contribution in [0.15, 0.2) is 24.3 Å². The summed E-state index contributed by atoms with van der Waals surface area (Å²) < 4.78 is 10.4. The second-order valence-electron chi connectivity index (χ2n) is 4.68. The van der Waals surface area contributed by atoms with E-state index >= 15 is 0 Å². The highest BCUT2D eigenvalue weighted by Crippen LogP contribution is 2.22. The fourth-order valence-electron chi connectivity index (χ4n) is 2.18. The van der Waals surface area contributed by atoms with Crippen LogP contribution >= 0.6 is 11.6 Å². The van der Waals surface area contributed by atoms with Crippen LogP contribution in [0.1, 0.15) is 16.8 Å². The van der Waals surface area contributed by atoms with Crippen molar-refractivity contribution in [3.05, 3.63) is 29.8 Å². The summed E-state index contributed by atoms with van der Waals surface area (Å²) in [6.07, 6.45) is 0.993. The molecule has 0 amide bonds. The zero-order chi connectivity index (χ0) is 13.8. The van der Waals surface area contributed by atoms with Gasteiger partial charge in [-0.3, -0.25) is 4.90 Å². The molecular weight excluding hydrogens is 266 g/mol. The van der Waals surface area contributed by atoms with E-state index in [4.69, 9.17) is 16.3 Å². The Morgan fingerprint density at radius 2 is 2.11 bits per heavy atom. The molecule has 1 aromatic carbocycles. The van der Waals surface area contributed by atoms with Crippen molar-refractivity contribution in [1.29, 1.82) is 0 Å². The first-order chi connectivity index (χ1) is 9.11. The van der Waals surface area contributed by atoms with Gasteiger partial charge in [0.25, 0.3) is 0 Å². The molecule has 1 aliphatic rings. The first kappa shape index (κ1) is 14.2. The average Bonchev–Trinajstić information content (AvgIpc) is 2.75. The lowest BCUT2D eigenvalue weighted by Gasteiger charge is -2.21. The first-order valence-corrected chi connectivity index (χ1v) is 6.71. The van der Waals surface area contributed by atoms with Gasteiger partial charge < -0.3 is 9.47 Å². The minimum atomic E-state index is -0.345. The Balaban J connectivity index is 1.91. The van der Waals surface area contributed by atoms with Crippen molar-refractivity contribution in [3.63, 3.8) is 0 Å². The van der Waals surface area contributed by atoms with Gasteiger partial charge in [0.2, 0.25) is 0 Å². The quantitative estimate of drug-likeness (QED) is 0.627. The van der Waals surface area contributed by atoms with E-state index in [9.17, 15) is 4.79 Å². The standard InChI is InChI=1S/C14H18ClNO3/c1-16-8-7-12(15)13(16)9-19-11-5-3-10(4-6-11)14(17)18-2/h3-6,12-13H,7-9H2,1-2H3/t12-,13+/m1/s1. The van der Waals surface area contributed by atoms with Crippen LogP contribution in [0.25, 0.3) is 0 Å². The Morgan fingerprint density at radius 3 is 2.63 bits per heavy atom. The highest BCUT2D eigenvalue weighted by atomic mass is 35.5. The Labute approximate surface area is 118 Å². The Kier molecular flexibility index (Phi) is 4.66. The van der Waals surface area contributed by atoms with Gasteiger partial charge in [-0.2, -0.15) is 0 Å². The van der Waals surface area contributed by atoms with Crippen molar-refractivity contribution in [3.8, 4) is 5.75 Å². The molecule has 0 saturated carbocycles. The summed E-state index contributed by atoms with van der Waals surface area (Å²) in [6.45, 7) is 1.56. The van der Waals surface area contributed by atoms with Crippen molar-refractivity contribution < 1.29 is 14.3 Å². The number of ether oxygens (including phenoxy) is 2. The maximum absolute atomic E-state index is 11.3. The number of esters is 1. The zero-order valence-electron chi connectivity index (χ0n) is 11.1. The maximum Gasteiger partial charge on any atom is 0.337 e. The van der Waals surface area contributed by atoms with Crippen molar-refractivity contribution in [2.45, 2.75) is 17.8 Å². The number of alkyl halides is 1. The molecule has 0 N–H and O–H groups in total. The molecule has 2 rings (SSSR count). The van der Waals surface area contributed by atoms with E-state index in [0.29, 0.717) is 12.2 Å². The van der Waals surface area contributed by atoms with Gasteiger partial charge in [0, 0.05) is 0 Å². The number of rotatable bonds is 4. The van der Waals surface area contributed by atoms with Crippen LogP contribution in [0.2, 0.25) is 0 Å². The van der Waals surface area contributed by atoms with Gasteiger partial charge in [0.15, 0.2) is 0 Å². The molecule has 1 aromatic rings. The topological polar surface area (TPSA) is 38.8 Å². The lowest BCUT2D eigenvalue weighted by Crippen LogP contribution is -2.35. The minimum Gasteiger partial charge on any atom is -0.492 e. The first-order valence-electron chi connectivity index (χ1n) is 6.27. The molecule has 2 atom stereocenters. The van der Waals surface area contributed by atoms with Gasteiger partial charge in [0.1, 0.15) is 12.4 Å². The maximum atomic E-state index is 11.3. The monoisotopic (exact) mass is 283 g/mol. The molecule has 1 heterocycles. The molecule has 104 valence electrons. The summed E-state index contributed by atoms with van der Waals surface area (Å²) in [5.74, 6) is 0.389.